The first-order valence-electron chi connectivity index (χ1n) is 6.93. The van der Waals surface area contributed by atoms with Gasteiger partial charge in [0.05, 0.1) is 6.26 Å². The van der Waals surface area contributed by atoms with E-state index in [4.69, 9.17) is 4.42 Å². The monoisotopic (exact) mass is 257 g/mol. The summed E-state index contributed by atoms with van der Waals surface area (Å²) < 4.78 is 7.74. The van der Waals surface area contributed by atoms with Crippen molar-refractivity contribution >= 4 is 5.78 Å². The van der Waals surface area contributed by atoms with Crippen LogP contribution in [0, 0.1) is 6.92 Å². The number of carbonyl (C=O) groups is 1. The van der Waals surface area contributed by atoms with Crippen molar-refractivity contribution in [2.45, 2.75) is 45.6 Å². The minimum Gasteiger partial charge on any atom is -0.469 e. The zero-order valence-corrected chi connectivity index (χ0v) is 11.5. The number of hydrogen-bond donors (Lipinski definition) is 0. The second-order valence-electron chi connectivity index (χ2n) is 5.43. The molecular formula is C16H19NO2. The molecule has 2 aromatic rings. The van der Waals surface area contributed by atoms with Gasteiger partial charge in [0.15, 0.2) is 5.78 Å². The van der Waals surface area contributed by atoms with Crippen molar-refractivity contribution in [3.05, 3.63) is 47.2 Å². The van der Waals surface area contributed by atoms with E-state index in [1.165, 1.54) is 11.4 Å². The number of rotatable bonds is 3. The minimum atomic E-state index is 0.299. The Hall–Kier alpha value is -1.77. The van der Waals surface area contributed by atoms with Crippen molar-refractivity contribution in [1.82, 2.24) is 4.57 Å². The third-order valence-electron chi connectivity index (χ3n) is 3.97. The third kappa shape index (κ3) is 2.14. The second kappa shape index (κ2) is 4.72. The Morgan fingerprint density at radius 1 is 1.42 bits per heavy atom. The number of furan rings is 1. The van der Waals surface area contributed by atoms with Crippen LogP contribution in [-0.4, -0.2) is 10.4 Å². The molecule has 1 aliphatic carbocycles. The van der Waals surface area contributed by atoms with Crippen LogP contribution in [0.5, 0.6) is 0 Å². The first-order valence-corrected chi connectivity index (χ1v) is 6.93. The molecule has 0 fully saturated rings. The van der Waals surface area contributed by atoms with Crippen molar-refractivity contribution in [3.63, 3.8) is 0 Å². The molecule has 0 bridgehead atoms. The molecule has 0 aliphatic heterocycles. The summed E-state index contributed by atoms with van der Waals surface area (Å²) >= 11 is 0. The summed E-state index contributed by atoms with van der Waals surface area (Å²) in [7, 11) is 0. The molecule has 2 aromatic heterocycles. The van der Waals surface area contributed by atoms with E-state index in [2.05, 4.69) is 24.5 Å². The van der Waals surface area contributed by atoms with Gasteiger partial charge in [-0.15, -0.1) is 0 Å². The predicted molar refractivity (Wildman–Crippen MR) is 73.6 cm³/mol. The van der Waals surface area contributed by atoms with E-state index in [0.717, 1.165) is 30.6 Å². The molecule has 0 saturated heterocycles. The Morgan fingerprint density at radius 2 is 2.26 bits per heavy atom. The van der Waals surface area contributed by atoms with Gasteiger partial charge in [0.25, 0.3) is 0 Å². The van der Waals surface area contributed by atoms with Gasteiger partial charge < -0.3 is 8.98 Å². The van der Waals surface area contributed by atoms with E-state index in [9.17, 15) is 4.79 Å². The molecule has 3 rings (SSSR count). The van der Waals surface area contributed by atoms with Crippen LogP contribution in [-0.2, 0) is 12.8 Å². The fourth-order valence-corrected chi connectivity index (χ4v) is 3.18. The topological polar surface area (TPSA) is 35.1 Å². The highest BCUT2D eigenvalue weighted by atomic mass is 16.3. The average Bonchev–Trinajstić information content (AvgIpc) is 2.96. The van der Waals surface area contributed by atoms with E-state index in [-0.39, 0.29) is 0 Å². The number of ketones is 1. The van der Waals surface area contributed by atoms with Crippen molar-refractivity contribution in [2.24, 2.45) is 0 Å². The Balaban J connectivity index is 1.94. The molecule has 1 unspecified atom stereocenters. The number of Topliss-reactive ketones (excluding diaryl/α,β-unsaturated/α-hetero) is 1. The van der Waals surface area contributed by atoms with Gasteiger partial charge in [-0.25, -0.2) is 0 Å². The fourth-order valence-electron chi connectivity index (χ4n) is 3.18. The number of nitrogens with zero attached hydrogens (tertiary/aromatic N) is 1. The van der Waals surface area contributed by atoms with Gasteiger partial charge in [0.2, 0.25) is 0 Å². The molecule has 0 radical (unpaired) electrons. The summed E-state index contributed by atoms with van der Waals surface area (Å²) in [5.41, 5.74) is 3.34. The van der Waals surface area contributed by atoms with Crippen LogP contribution in [0.3, 0.4) is 0 Å². The standard InChI is InChI=1S/C16H19NO2/c1-11(9-13-5-4-8-19-13)17-12(2)10-14-15(17)6-3-7-16(14)18/h4-5,8,10-11H,3,6-7,9H2,1-2H3. The van der Waals surface area contributed by atoms with E-state index in [1.54, 1.807) is 6.26 Å². The van der Waals surface area contributed by atoms with Crippen molar-refractivity contribution in [1.29, 1.82) is 0 Å². The number of hydrogen-bond acceptors (Lipinski definition) is 2. The van der Waals surface area contributed by atoms with Gasteiger partial charge in [-0.3, -0.25) is 4.79 Å². The molecule has 0 saturated carbocycles. The maximum Gasteiger partial charge on any atom is 0.164 e. The molecule has 19 heavy (non-hydrogen) atoms. The molecule has 1 atom stereocenters. The zero-order chi connectivity index (χ0) is 13.4. The molecule has 0 spiro atoms. The van der Waals surface area contributed by atoms with Crippen LogP contribution >= 0.6 is 0 Å². The van der Waals surface area contributed by atoms with Crippen LogP contribution in [0.4, 0.5) is 0 Å². The first-order chi connectivity index (χ1) is 9.16. The molecule has 2 heterocycles. The second-order valence-corrected chi connectivity index (χ2v) is 5.43. The quantitative estimate of drug-likeness (QED) is 0.840. The predicted octanol–water partition coefficient (Wildman–Crippen LogP) is 3.71. The minimum absolute atomic E-state index is 0.299. The van der Waals surface area contributed by atoms with Gasteiger partial charge in [-0.05, 0) is 44.9 Å². The SMILES string of the molecule is Cc1cc2c(n1C(C)Cc1ccco1)CCCC2=O. The lowest BCUT2D eigenvalue weighted by molar-refractivity contribution is 0.0971. The summed E-state index contributed by atoms with van der Waals surface area (Å²) in [4.78, 5) is 12.0. The Morgan fingerprint density at radius 3 is 3.00 bits per heavy atom. The summed E-state index contributed by atoms with van der Waals surface area (Å²) in [6.07, 6.45) is 5.26. The normalized spacial score (nSPS) is 16.4. The van der Waals surface area contributed by atoms with Gasteiger partial charge in [-0.2, -0.15) is 0 Å². The van der Waals surface area contributed by atoms with Gasteiger partial charge in [0.1, 0.15) is 5.76 Å². The lowest BCUT2D eigenvalue weighted by atomic mass is 9.96. The van der Waals surface area contributed by atoms with E-state index >= 15 is 0 Å². The van der Waals surface area contributed by atoms with Gasteiger partial charge >= 0.3 is 0 Å². The van der Waals surface area contributed by atoms with Crippen LogP contribution in [0.2, 0.25) is 0 Å². The highest BCUT2D eigenvalue weighted by molar-refractivity contribution is 5.98. The van der Waals surface area contributed by atoms with E-state index < -0.39 is 0 Å². The van der Waals surface area contributed by atoms with E-state index in [1.807, 2.05) is 12.1 Å². The summed E-state index contributed by atoms with van der Waals surface area (Å²) in [5, 5.41) is 0. The van der Waals surface area contributed by atoms with Crippen molar-refractivity contribution in [2.75, 3.05) is 0 Å². The maximum absolute atomic E-state index is 12.0. The molecule has 0 aromatic carbocycles. The first kappa shape index (κ1) is 12.3. The summed E-state index contributed by atoms with van der Waals surface area (Å²) in [6, 6.07) is 6.30. The molecule has 0 amide bonds. The maximum atomic E-state index is 12.0. The van der Waals surface area contributed by atoms with Gasteiger partial charge in [0, 0.05) is 35.8 Å². The van der Waals surface area contributed by atoms with Crippen LogP contribution < -0.4 is 0 Å². The average molecular weight is 257 g/mol. The van der Waals surface area contributed by atoms with Crippen molar-refractivity contribution in [3.8, 4) is 0 Å². The lowest BCUT2D eigenvalue weighted by Crippen LogP contribution is -2.17. The smallest absolute Gasteiger partial charge is 0.164 e. The molecule has 3 heteroatoms. The highest BCUT2D eigenvalue weighted by Crippen LogP contribution is 2.29. The van der Waals surface area contributed by atoms with Crippen molar-refractivity contribution < 1.29 is 9.21 Å². The van der Waals surface area contributed by atoms with Crippen LogP contribution in [0.1, 0.15) is 53.3 Å². The third-order valence-corrected chi connectivity index (χ3v) is 3.97. The number of fused-ring (bicyclic) bond motifs is 1. The summed E-state index contributed by atoms with van der Waals surface area (Å²) in [6.45, 7) is 4.28. The van der Waals surface area contributed by atoms with Crippen LogP contribution in [0.15, 0.2) is 28.9 Å². The van der Waals surface area contributed by atoms with E-state index in [0.29, 0.717) is 18.2 Å². The molecule has 100 valence electrons. The largest absolute Gasteiger partial charge is 0.469 e. The molecule has 0 N–H and O–H groups in total. The Bertz CT molecular complexity index is 593. The van der Waals surface area contributed by atoms with Gasteiger partial charge in [-0.1, -0.05) is 0 Å². The molecule has 1 aliphatic rings. The fraction of sp³-hybridized carbons (Fsp3) is 0.438. The lowest BCUT2D eigenvalue weighted by Gasteiger charge is -2.21. The summed E-state index contributed by atoms with van der Waals surface area (Å²) in [5.74, 6) is 1.30. The zero-order valence-electron chi connectivity index (χ0n) is 11.5. The van der Waals surface area contributed by atoms with Crippen LogP contribution in [0.25, 0.3) is 0 Å². The number of aromatic nitrogens is 1. The molecular weight excluding hydrogens is 238 g/mol. The number of aryl methyl sites for hydroxylation is 1. The Labute approximate surface area is 113 Å². The molecule has 3 nitrogen and oxygen atoms in total. The number of carbonyl (C=O) groups excluding carboxylic acids is 1. The highest BCUT2D eigenvalue weighted by Gasteiger charge is 2.24. The Kier molecular flexibility index (Phi) is 3.05.